The summed E-state index contributed by atoms with van der Waals surface area (Å²) in [5.74, 6) is 1.76. The number of nitrogens with zero attached hydrogens (tertiary/aromatic N) is 3. The molecule has 1 aliphatic rings. The molecule has 0 radical (unpaired) electrons. The minimum atomic E-state index is 0.386. The van der Waals surface area contributed by atoms with Crippen LogP contribution in [0.1, 0.15) is 37.1 Å². The summed E-state index contributed by atoms with van der Waals surface area (Å²) in [4.78, 5) is 11.6. The predicted molar refractivity (Wildman–Crippen MR) is 91.3 cm³/mol. The van der Waals surface area contributed by atoms with Gasteiger partial charge in [-0.15, -0.1) is 0 Å². The van der Waals surface area contributed by atoms with Crippen LogP contribution in [0.4, 0.5) is 11.8 Å². The second-order valence-electron chi connectivity index (χ2n) is 6.09. The molecular formula is C18H24N4. The molecule has 1 N–H and O–H groups in total. The van der Waals surface area contributed by atoms with Gasteiger partial charge in [0.1, 0.15) is 5.82 Å². The number of benzene rings is 1. The molecule has 0 amide bonds. The van der Waals surface area contributed by atoms with Crippen molar-refractivity contribution in [3.63, 3.8) is 0 Å². The molecule has 0 aliphatic carbocycles. The van der Waals surface area contributed by atoms with Crippen LogP contribution in [0, 0.1) is 6.92 Å². The van der Waals surface area contributed by atoms with Crippen LogP contribution in [-0.4, -0.2) is 22.6 Å². The van der Waals surface area contributed by atoms with Crippen molar-refractivity contribution in [1.82, 2.24) is 9.97 Å². The van der Waals surface area contributed by atoms with Crippen molar-refractivity contribution < 1.29 is 0 Å². The molecular weight excluding hydrogens is 272 g/mol. The summed E-state index contributed by atoms with van der Waals surface area (Å²) >= 11 is 0. The van der Waals surface area contributed by atoms with Crippen LogP contribution in [0.3, 0.4) is 0 Å². The van der Waals surface area contributed by atoms with Crippen LogP contribution < -0.4 is 10.2 Å². The van der Waals surface area contributed by atoms with Gasteiger partial charge in [-0.2, -0.15) is 4.98 Å². The Hall–Kier alpha value is -2.10. The first-order chi connectivity index (χ1) is 10.7. The van der Waals surface area contributed by atoms with Gasteiger partial charge in [-0.1, -0.05) is 31.2 Å². The average Bonchev–Trinajstić information content (AvgIpc) is 2.53. The quantitative estimate of drug-likeness (QED) is 0.936. The van der Waals surface area contributed by atoms with E-state index in [9.17, 15) is 0 Å². The van der Waals surface area contributed by atoms with Crippen LogP contribution in [0.5, 0.6) is 0 Å². The maximum Gasteiger partial charge on any atom is 0.225 e. The third-order valence-corrected chi connectivity index (χ3v) is 4.28. The van der Waals surface area contributed by atoms with Gasteiger partial charge in [0.2, 0.25) is 5.95 Å². The standard InChI is InChI=1S/C18H24N4/c1-4-13(2)19-18-20-14(3)11-17(21-18)22-10-9-15-7-5-6-8-16(15)12-22/h5-8,11,13H,4,9-10,12H2,1-3H3,(H,19,20,21)/t13-/m0/s1. The largest absolute Gasteiger partial charge is 0.352 e. The van der Waals surface area contributed by atoms with E-state index in [0.717, 1.165) is 43.4 Å². The molecule has 2 heterocycles. The third-order valence-electron chi connectivity index (χ3n) is 4.28. The Morgan fingerprint density at radius 1 is 1.23 bits per heavy atom. The van der Waals surface area contributed by atoms with E-state index in [-0.39, 0.29) is 0 Å². The second-order valence-corrected chi connectivity index (χ2v) is 6.09. The Balaban J connectivity index is 1.83. The minimum Gasteiger partial charge on any atom is -0.352 e. The molecule has 1 aromatic heterocycles. The monoisotopic (exact) mass is 296 g/mol. The lowest BCUT2D eigenvalue weighted by atomic mass is 10.00. The van der Waals surface area contributed by atoms with Crippen molar-refractivity contribution in [3.8, 4) is 0 Å². The fraction of sp³-hybridized carbons (Fsp3) is 0.444. The number of aryl methyl sites for hydroxylation is 1. The molecule has 4 heteroatoms. The van der Waals surface area contributed by atoms with Gasteiger partial charge in [0.25, 0.3) is 0 Å². The molecule has 0 saturated heterocycles. The van der Waals surface area contributed by atoms with E-state index in [1.54, 1.807) is 0 Å². The lowest BCUT2D eigenvalue weighted by molar-refractivity contribution is 0.713. The summed E-state index contributed by atoms with van der Waals surface area (Å²) < 4.78 is 0. The van der Waals surface area contributed by atoms with Crippen LogP contribution >= 0.6 is 0 Å². The van der Waals surface area contributed by atoms with Gasteiger partial charge in [-0.3, -0.25) is 0 Å². The highest BCUT2D eigenvalue weighted by molar-refractivity contribution is 5.48. The predicted octanol–water partition coefficient (Wildman–Crippen LogP) is 3.56. The highest BCUT2D eigenvalue weighted by Crippen LogP contribution is 2.24. The van der Waals surface area contributed by atoms with Crippen LogP contribution in [0.25, 0.3) is 0 Å². The summed E-state index contributed by atoms with van der Waals surface area (Å²) in [5, 5.41) is 3.38. The van der Waals surface area contributed by atoms with E-state index in [4.69, 9.17) is 4.98 Å². The van der Waals surface area contributed by atoms with Crippen LogP contribution in [0.2, 0.25) is 0 Å². The average molecular weight is 296 g/mol. The molecule has 1 aliphatic heterocycles. The third kappa shape index (κ3) is 3.21. The Kier molecular flexibility index (Phi) is 4.27. The second kappa shape index (κ2) is 6.34. The first-order valence-electron chi connectivity index (χ1n) is 8.09. The molecule has 22 heavy (non-hydrogen) atoms. The summed E-state index contributed by atoms with van der Waals surface area (Å²) in [6.45, 7) is 8.29. The maximum atomic E-state index is 4.72. The topological polar surface area (TPSA) is 41.1 Å². The number of aromatic nitrogens is 2. The number of nitrogens with one attached hydrogen (secondary N) is 1. The molecule has 4 nitrogen and oxygen atoms in total. The van der Waals surface area contributed by atoms with Gasteiger partial charge in [0.05, 0.1) is 0 Å². The van der Waals surface area contributed by atoms with Gasteiger partial charge < -0.3 is 10.2 Å². The van der Waals surface area contributed by atoms with Crippen molar-refractivity contribution in [1.29, 1.82) is 0 Å². The fourth-order valence-electron chi connectivity index (χ4n) is 2.79. The molecule has 0 saturated carbocycles. The maximum absolute atomic E-state index is 4.72. The normalized spacial score (nSPS) is 15.3. The van der Waals surface area contributed by atoms with E-state index >= 15 is 0 Å². The van der Waals surface area contributed by atoms with Crippen LogP contribution in [-0.2, 0) is 13.0 Å². The Morgan fingerprint density at radius 2 is 2.00 bits per heavy atom. The summed E-state index contributed by atoms with van der Waals surface area (Å²) in [6, 6.07) is 11.1. The zero-order valence-corrected chi connectivity index (χ0v) is 13.6. The Labute approximate surface area is 132 Å². The molecule has 116 valence electrons. The van der Waals surface area contributed by atoms with E-state index in [1.165, 1.54) is 11.1 Å². The molecule has 2 aromatic rings. The zero-order valence-electron chi connectivity index (χ0n) is 13.6. The van der Waals surface area contributed by atoms with E-state index < -0.39 is 0 Å². The Morgan fingerprint density at radius 3 is 2.77 bits per heavy atom. The van der Waals surface area contributed by atoms with Crippen molar-refractivity contribution in [2.75, 3.05) is 16.8 Å². The van der Waals surface area contributed by atoms with E-state index in [0.29, 0.717) is 6.04 Å². The lowest BCUT2D eigenvalue weighted by Crippen LogP contribution is -2.31. The van der Waals surface area contributed by atoms with Crippen LogP contribution in [0.15, 0.2) is 30.3 Å². The molecule has 0 fully saturated rings. The molecule has 0 bridgehead atoms. The molecule has 1 atom stereocenters. The van der Waals surface area contributed by atoms with Crippen molar-refractivity contribution in [2.24, 2.45) is 0 Å². The fourth-order valence-corrected chi connectivity index (χ4v) is 2.79. The van der Waals surface area contributed by atoms with Gasteiger partial charge in [-0.05, 0) is 37.8 Å². The number of anilines is 2. The first-order valence-corrected chi connectivity index (χ1v) is 8.09. The van der Waals surface area contributed by atoms with E-state index in [2.05, 4.69) is 59.4 Å². The van der Waals surface area contributed by atoms with E-state index in [1.807, 2.05) is 6.92 Å². The van der Waals surface area contributed by atoms with Crippen molar-refractivity contribution in [2.45, 2.75) is 46.2 Å². The zero-order chi connectivity index (χ0) is 15.5. The number of rotatable bonds is 4. The molecule has 0 spiro atoms. The van der Waals surface area contributed by atoms with Gasteiger partial charge >= 0.3 is 0 Å². The Bertz CT molecular complexity index is 653. The minimum absolute atomic E-state index is 0.386. The number of fused-ring (bicyclic) bond motifs is 1. The van der Waals surface area contributed by atoms with Crippen molar-refractivity contribution >= 4 is 11.8 Å². The number of hydrogen-bond donors (Lipinski definition) is 1. The van der Waals surface area contributed by atoms with Crippen molar-refractivity contribution in [3.05, 3.63) is 47.2 Å². The molecule has 3 rings (SSSR count). The highest BCUT2D eigenvalue weighted by atomic mass is 15.2. The summed E-state index contributed by atoms with van der Waals surface area (Å²) in [5.41, 5.74) is 3.87. The first kappa shape index (κ1) is 14.8. The lowest BCUT2D eigenvalue weighted by Gasteiger charge is -2.30. The van der Waals surface area contributed by atoms with Gasteiger partial charge in [0, 0.05) is 30.9 Å². The number of hydrogen-bond acceptors (Lipinski definition) is 4. The van der Waals surface area contributed by atoms with Gasteiger partial charge in [-0.25, -0.2) is 4.98 Å². The summed E-state index contributed by atoms with van der Waals surface area (Å²) in [6.07, 6.45) is 2.14. The highest BCUT2D eigenvalue weighted by Gasteiger charge is 2.18. The smallest absolute Gasteiger partial charge is 0.225 e. The molecule has 1 aromatic carbocycles. The molecule has 0 unspecified atom stereocenters. The SMILES string of the molecule is CC[C@H](C)Nc1nc(C)cc(N2CCc3ccccc3C2)n1. The van der Waals surface area contributed by atoms with Gasteiger partial charge in [0.15, 0.2) is 0 Å². The summed E-state index contributed by atoms with van der Waals surface area (Å²) in [7, 11) is 0.